The molecule has 1 aliphatic heterocycles. The van der Waals surface area contributed by atoms with E-state index in [1.54, 1.807) is 6.20 Å². The molecule has 3 aromatic heterocycles. The molecule has 170 valence electrons. The lowest BCUT2D eigenvalue weighted by Crippen LogP contribution is -2.34. The van der Waals surface area contributed by atoms with E-state index in [9.17, 15) is 22.4 Å². The van der Waals surface area contributed by atoms with Crippen molar-refractivity contribution in [3.05, 3.63) is 53.2 Å². The number of carbonyl (C=O) groups excluding carboxylic acids is 1. The Morgan fingerprint density at radius 1 is 1.34 bits per heavy atom. The Hall–Kier alpha value is -3.03. The number of anilines is 1. The molecule has 14 heteroatoms. The number of nitrogens with one attached hydrogen (secondary N) is 2. The summed E-state index contributed by atoms with van der Waals surface area (Å²) in [6, 6.07) is 0.930. The summed E-state index contributed by atoms with van der Waals surface area (Å²) in [4.78, 5) is 20.4. The van der Waals surface area contributed by atoms with E-state index >= 15 is 0 Å². The van der Waals surface area contributed by atoms with Crippen LogP contribution in [-0.4, -0.2) is 50.0 Å². The smallest absolute Gasteiger partial charge is 0.378 e. The molecule has 0 saturated carbocycles. The summed E-state index contributed by atoms with van der Waals surface area (Å²) in [7, 11) is 0. The maximum absolute atomic E-state index is 14.6. The largest absolute Gasteiger partial charge is 0.436 e. The molecule has 1 fully saturated rings. The number of hydrogen-bond donors (Lipinski definition) is 2. The predicted octanol–water partition coefficient (Wildman–Crippen LogP) is 2.57. The highest BCUT2D eigenvalue weighted by Crippen LogP contribution is 2.33. The number of pyridine rings is 1. The fourth-order valence-electron chi connectivity index (χ4n) is 3.10. The van der Waals surface area contributed by atoms with E-state index in [0.29, 0.717) is 25.5 Å². The van der Waals surface area contributed by atoms with Gasteiger partial charge in [0.25, 0.3) is 0 Å². The number of nitrogens with zero attached hydrogens (tertiary/aromatic N) is 5. The molecule has 0 spiro atoms. The first-order valence-corrected chi connectivity index (χ1v) is 9.69. The zero-order valence-corrected chi connectivity index (χ0v) is 17.0. The lowest BCUT2D eigenvalue weighted by Gasteiger charge is -2.21. The van der Waals surface area contributed by atoms with E-state index in [1.165, 1.54) is 17.1 Å². The zero-order valence-electron chi connectivity index (χ0n) is 16.2. The Kier molecular flexibility index (Phi) is 6.13. The van der Waals surface area contributed by atoms with E-state index in [2.05, 4.69) is 25.7 Å². The van der Waals surface area contributed by atoms with Gasteiger partial charge < -0.3 is 15.4 Å². The summed E-state index contributed by atoms with van der Waals surface area (Å²) in [6.45, 7) is 1.18. The third kappa shape index (κ3) is 4.89. The number of alkyl halides is 3. The van der Waals surface area contributed by atoms with Crippen molar-refractivity contribution in [2.24, 2.45) is 0 Å². The number of imidazole rings is 1. The van der Waals surface area contributed by atoms with Gasteiger partial charge in [-0.05, 0) is 0 Å². The standard InChI is InChI=1S/C18H16ClF4N7O2/c19-11-5-30(28-16(11)18(21,22)23)7-15(31)27-10-3-12(20)17(25-4-10)29-6-13(26-9-29)14-8-32-2-1-24-14/h3-6,9,14,24H,1-2,7-8H2,(H,27,31)/t14-/m1/s1. The second-order valence-corrected chi connectivity index (χ2v) is 7.29. The van der Waals surface area contributed by atoms with Crippen molar-refractivity contribution < 1.29 is 27.1 Å². The van der Waals surface area contributed by atoms with Crippen molar-refractivity contribution in [2.45, 2.75) is 18.8 Å². The molecule has 4 heterocycles. The Labute approximate surface area is 183 Å². The zero-order chi connectivity index (χ0) is 22.9. The minimum Gasteiger partial charge on any atom is -0.378 e. The number of halogens is 5. The topological polar surface area (TPSA) is 98.9 Å². The minimum atomic E-state index is -4.74. The molecule has 0 bridgehead atoms. The highest BCUT2D eigenvalue weighted by molar-refractivity contribution is 6.31. The molecular formula is C18H16ClF4N7O2. The first-order valence-electron chi connectivity index (χ1n) is 9.31. The highest BCUT2D eigenvalue weighted by atomic mass is 35.5. The molecule has 1 aliphatic rings. The molecule has 1 atom stereocenters. The molecule has 4 rings (SSSR count). The van der Waals surface area contributed by atoms with Crippen LogP contribution in [0, 0.1) is 5.82 Å². The normalized spacial score (nSPS) is 16.8. The van der Waals surface area contributed by atoms with E-state index in [4.69, 9.17) is 16.3 Å². The van der Waals surface area contributed by atoms with Crippen LogP contribution in [0.5, 0.6) is 0 Å². The number of carbonyl (C=O) groups is 1. The molecule has 0 aromatic carbocycles. The monoisotopic (exact) mass is 473 g/mol. The number of morpholine rings is 1. The van der Waals surface area contributed by atoms with Gasteiger partial charge in [-0.1, -0.05) is 11.6 Å². The highest BCUT2D eigenvalue weighted by Gasteiger charge is 2.37. The van der Waals surface area contributed by atoms with E-state index in [1.807, 2.05) is 0 Å². The summed E-state index contributed by atoms with van der Waals surface area (Å²) in [5, 5.41) is 8.23. The van der Waals surface area contributed by atoms with Crippen LogP contribution < -0.4 is 10.6 Å². The Bertz CT molecular complexity index is 1120. The Balaban J connectivity index is 1.42. The quantitative estimate of drug-likeness (QED) is 0.553. The van der Waals surface area contributed by atoms with Gasteiger partial charge in [0.05, 0.1) is 41.9 Å². The van der Waals surface area contributed by atoms with Crippen LogP contribution in [0.2, 0.25) is 5.02 Å². The molecule has 1 amide bonds. The molecule has 0 unspecified atom stereocenters. The second-order valence-electron chi connectivity index (χ2n) is 6.89. The molecule has 9 nitrogen and oxygen atoms in total. The van der Waals surface area contributed by atoms with Crippen LogP contribution in [0.25, 0.3) is 5.82 Å². The van der Waals surface area contributed by atoms with Crippen molar-refractivity contribution in [3.8, 4) is 5.82 Å². The van der Waals surface area contributed by atoms with Gasteiger partial charge in [0, 0.05) is 25.0 Å². The van der Waals surface area contributed by atoms with Crippen molar-refractivity contribution >= 4 is 23.2 Å². The van der Waals surface area contributed by atoms with Gasteiger partial charge >= 0.3 is 6.18 Å². The summed E-state index contributed by atoms with van der Waals surface area (Å²) in [5.41, 5.74) is -0.605. The second kappa shape index (κ2) is 8.84. The molecule has 3 aromatic rings. The van der Waals surface area contributed by atoms with Crippen LogP contribution >= 0.6 is 11.6 Å². The van der Waals surface area contributed by atoms with Crippen molar-refractivity contribution in [1.29, 1.82) is 0 Å². The number of aromatic nitrogens is 5. The molecular weight excluding hydrogens is 458 g/mol. The molecule has 1 saturated heterocycles. The average Bonchev–Trinajstić information content (AvgIpc) is 3.35. The number of hydrogen-bond acceptors (Lipinski definition) is 6. The average molecular weight is 474 g/mol. The number of ether oxygens (including phenoxy) is 1. The summed E-state index contributed by atoms with van der Waals surface area (Å²) < 4.78 is 60.4. The molecule has 2 N–H and O–H groups in total. The maximum Gasteiger partial charge on any atom is 0.436 e. The summed E-state index contributed by atoms with van der Waals surface area (Å²) in [5.74, 6) is -1.51. The first-order chi connectivity index (χ1) is 15.2. The fraction of sp³-hybridized carbons (Fsp3) is 0.333. The minimum absolute atomic E-state index is 0.0215. The summed E-state index contributed by atoms with van der Waals surface area (Å²) >= 11 is 5.51. The first kappa shape index (κ1) is 22.2. The number of rotatable bonds is 5. The third-order valence-electron chi connectivity index (χ3n) is 4.52. The van der Waals surface area contributed by atoms with Crippen LogP contribution in [0.4, 0.5) is 23.2 Å². The number of amides is 1. The van der Waals surface area contributed by atoms with Gasteiger partial charge in [0.15, 0.2) is 17.3 Å². The summed E-state index contributed by atoms with van der Waals surface area (Å²) in [6.07, 6.45) is 0.392. The van der Waals surface area contributed by atoms with Crippen LogP contribution in [0.1, 0.15) is 17.4 Å². The van der Waals surface area contributed by atoms with Crippen molar-refractivity contribution in [3.63, 3.8) is 0 Å². The van der Waals surface area contributed by atoms with Crippen LogP contribution in [0.15, 0.2) is 31.0 Å². The lowest BCUT2D eigenvalue weighted by atomic mass is 10.2. The van der Waals surface area contributed by atoms with Gasteiger partial charge in [-0.25, -0.2) is 14.4 Å². The molecule has 0 radical (unpaired) electrons. The van der Waals surface area contributed by atoms with E-state index in [0.717, 1.165) is 16.9 Å². The van der Waals surface area contributed by atoms with Crippen LogP contribution in [-0.2, 0) is 22.3 Å². The van der Waals surface area contributed by atoms with Gasteiger partial charge in [0.1, 0.15) is 12.9 Å². The Morgan fingerprint density at radius 2 is 2.16 bits per heavy atom. The van der Waals surface area contributed by atoms with Crippen molar-refractivity contribution in [1.82, 2.24) is 29.6 Å². The molecule has 0 aliphatic carbocycles. The lowest BCUT2D eigenvalue weighted by molar-refractivity contribution is -0.141. The maximum atomic E-state index is 14.6. The fourth-order valence-corrected chi connectivity index (χ4v) is 3.35. The van der Waals surface area contributed by atoms with Crippen molar-refractivity contribution in [2.75, 3.05) is 25.1 Å². The van der Waals surface area contributed by atoms with Gasteiger partial charge in [0.2, 0.25) is 5.91 Å². The Morgan fingerprint density at radius 3 is 2.81 bits per heavy atom. The van der Waals surface area contributed by atoms with Gasteiger partial charge in [-0.2, -0.15) is 18.3 Å². The predicted molar refractivity (Wildman–Crippen MR) is 104 cm³/mol. The van der Waals surface area contributed by atoms with Gasteiger partial charge in [-0.15, -0.1) is 0 Å². The van der Waals surface area contributed by atoms with E-state index in [-0.39, 0.29) is 17.5 Å². The third-order valence-corrected chi connectivity index (χ3v) is 4.80. The molecule has 32 heavy (non-hydrogen) atoms. The van der Waals surface area contributed by atoms with E-state index < -0.39 is 35.2 Å². The van der Waals surface area contributed by atoms with Crippen LogP contribution in [0.3, 0.4) is 0 Å². The SMILES string of the molecule is O=C(Cn1cc(Cl)c(C(F)(F)F)n1)Nc1cnc(-n2cnc([C@H]3COCCN3)c2)c(F)c1. The van der Waals surface area contributed by atoms with Gasteiger partial charge in [-0.3, -0.25) is 14.0 Å².